The maximum atomic E-state index is 4.36. The Morgan fingerprint density at radius 2 is 2.00 bits per heavy atom. The van der Waals surface area contributed by atoms with E-state index in [0.29, 0.717) is 6.04 Å². The molecular formula is C15H33IN4S. The molecule has 21 heavy (non-hydrogen) atoms. The predicted octanol–water partition coefficient (Wildman–Crippen LogP) is 2.64. The van der Waals surface area contributed by atoms with Crippen molar-refractivity contribution in [1.29, 1.82) is 0 Å². The van der Waals surface area contributed by atoms with Gasteiger partial charge in [0.25, 0.3) is 0 Å². The van der Waals surface area contributed by atoms with Gasteiger partial charge < -0.3 is 15.5 Å². The Morgan fingerprint density at radius 1 is 1.33 bits per heavy atom. The zero-order valence-electron chi connectivity index (χ0n) is 14.4. The van der Waals surface area contributed by atoms with E-state index in [0.717, 1.165) is 24.3 Å². The highest BCUT2D eigenvalue weighted by Crippen LogP contribution is 2.28. The fraction of sp³-hybridized carbons (Fsp3) is 0.933. The maximum Gasteiger partial charge on any atom is 0.191 e. The van der Waals surface area contributed by atoms with E-state index in [9.17, 15) is 0 Å². The molecule has 0 aromatic heterocycles. The van der Waals surface area contributed by atoms with Crippen LogP contribution in [0.2, 0.25) is 0 Å². The second-order valence-electron chi connectivity index (χ2n) is 6.84. The Hall–Kier alpha value is 0.310. The number of halogens is 1. The van der Waals surface area contributed by atoms with Crippen molar-refractivity contribution in [2.75, 3.05) is 40.5 Å². The van der Waals surface area contributed by atoms with E-state index in [2.05, 4.69) is 54.7 Å². The molecule has 2 unspecified atom stereocenters. The summed E-state index contributed by atoms with van der Waals surface area (Å²) in [6.45, 7) is 6.57. The first kappa shape index (κ1) is 21.3. The standard InChI is InChI=1S/C15H32N4S.HI/c1-15(2,11-19(4)5)10-17-14(16-3)18-12-7-8-13(9-12)20-6;/h12-13H,7-11H2,1-6H3,(H2,16,17,18);1H. The van der Waals surface area contributed by atoms with Crippen LogP contribution < -0.4 is 10.6 Å². The molecule has 0 bridgehead atoms. The summed E-state index contributed by atoms with van der Waals surface area (Å²) in [5.41, 5.74) is 0.235. The van der Waals surface area contributed by atoms with Crippen molar-refractivity contribution in [3.63, 3.8) is 0 Å². The smallest absolute Gasteiger partial charge is 0.191 e. The van der Waals surface area contributed by atoms with Gasteiger partial charge >= 0.3 is 0 Å². The Bertz CT molecular complexity index is 321. The third kappa shape index (κ3) is 8.50. The molecule has 0 spiro atoms. The molecule has 0 amide bonds. The minimum atomic E-state index is 0. The van der Waals surface area contributed by atoms with Crippen molar-refractivity contribution in [2.24, 2.45) is 10.4 Å². The fourth-order valence-electron chi connectivity index (χ4n) is 2.91. The summed E-state index contributed by atoms with van der Waals surface area (Å²) in [5, 5.41) is 7.86. The van der Waals surface area contributed by atoms with Gasteiger partial charge in [0, 0.05) is 31.4 Å². The van der Waals surface area contributed by atoms with Crippen LogP contribution in [0, 0.1) is 5.41 Å². The number of guanidine groups is 1. The Balaban J connectivity index is 0.00000400. The second kappa shape index (κ2) is 10.2. The van der Waals surface area contributed by atoms with Crippen LogP contribution in [0.25, 0.3) is 0 Å². The van der Waals surface area contributed by atoms with Crippen LogP contribution in [0.4, 0.5) is 0 Å². The summed E-state index contributed by atoms with van der Waals surface area (Å²) in [4.78, 5) is 6.59. The summed E-state index contributed by atoms with van der Waals surface area (Å²) in [6, 6.07) is 0.579. The quantitative estimate of drug-likeness (QED) is 0.388. The molecule has 1 aliphatic rings. The normalized spacial score (nSPS) is 23.1. The second-order valence-corrected chi connectivity index (χ2v) is 7.98. The van der Waals surface area contributed by atoms with Crippen LogP contribution in [0.5, 0.6) is 0 Å². The van der Waals surface area contributed by atoms with Crippen LogP contribution in [0.1, 0.15) is 33.1 Å². The molecule has 0 aromatic carbocycles. The van der Waals surface area contributed by atoms with E-state index >= 15 is 0 Å². The van der Waals surface area contributed by atoms with Gasteiger partial charge in [0.15, 0.2) is 5.96 Å². The monoisotopic (exact) mass is 428 g/mol. The van der Waals surface area contributed by atoms with Crippen LogP contribution in [0.3, 0.4) is 0 Å². The average molecular weight is 428 g/mol. The van der Waals surface area contributed by atoms with Gasteiger partial charge in [-0.3, -0.25) is 4.99 Å². The van der Waals surface area contributed by atoms with Gasteiger partial charge in [-0.15, -0.1) is 24.0 Å². The summed E-state index contributed by atoms with van der Waals surface area (Å²) in [6.07, 6.45) is 6.04. The van der Waals surface area contributed by atoms with Gasteiger partial charge in [0.05, 0.1) is 0 Å². The first-order valence-corrected chi connectivity index (χ1v) is 8.80. The van der Waals surface area contributed by atoms with Gasteiger partial charge in [-0.1, -0.05) is 13.8 Å². The number of nitrogens with one attached hydrogen (secondary N) is 2. The molecule has 4 nitrogen and oxygen atoms in total. The number of rotatable bonds is 6. The van der Waals surface area contributed by atoms with Gasteiger partial charge in [-0.2, -0.15) is 11.8 Å². The van der Waals surface area contributed by atoms with Gasteiger partial charge in [0.1, 0.15) is 0 Å². The first-order chi connectivity index (χ1) is 9.36. The lowest BCUT2D eigenvalue weighted by Gasteiger charge is -2.29. The first-order valence-electron chi connectivity index (χ1n) is 7.51. The Kier molecular flexibility index (Phi) is 10.3. The molecule has 0 aromatic rings. The lowest BCUT2D eigenvalue weighted by Crippen LogP contribution is -2.47. The Labute approximate surface area is 152 Å². The molecule has 0 heterocycles. The molecule has 1 fully saturated rings. The largest absolute Gasteiger partial charge is 0.356 e. The van der Waals surface area contributed by atoms with Gasteiger partial charge in [-0.05, 0) is 45.0 Å². The van der Waals surface area contributed by atoms with Crippen LogP contribution in [0.15, 0.2) is 4.99 Å². The zero-order valence-corrected chi connectivity index (χ0v) is 17.5. The van der Waals surface area contributed by atoms with Crippen molar-refractivity contribution in [1.82, 2.24) is 15.5 Å². The lowest BCUT2D eigenvalue weighted by molar-refractivity contribution is 0.241. The summed E-state index contributed by atoms with van der Waals surface area (Å²) >= 11 is 1.99. The molecule has 6 heteroatoms. The fourth-order valence-corrected chi connectivity index (χ4v) is 3.70. The lowest BCUT2D eigenvalue weighted by atomic mass is 9.93. The zero-order chi connectivity index (χ0) is 15.2. The number of aliphatic imine (C=N–C) groups is 1. The Morgan fingerprint density at radius 3 is 2.48 bits per heavy atom. The van der Waals surface area contributed by atoms with E-state index < -0.39 is 0 Å². The van der Waals surface area contributed by atoms with Crippen molar-refractivity contribution in [3.8, 4) is 0 Å². The minimum absolute atomic E-state index is 0. The minimum Gasteiger partial charge on any atom is -0.356 e. The van der Waals surface area contributed by atoms with Crippen LogP contribution >= 0.6 is 35.7 Å². The molecule has 1 rings (SSSR count). The number of hydrogen-bond acceptors (Lipinski definition) is 3. The highest BCUT2D eigenvalue weighted by Gasteiger charge is 2.25. The van der Waals surface area contributed by atoms with Gasteiger partial charge in [-0.25, -0.2) is 0 Å². The highest BCUT2D eigenvalue weighted by molar-refractivity contribution is 14.0. The van der Waals surface area contributed by atoms with Gasteiger partial charge in [0.2, 0.25) is 0 Å². The third-order valence-electron chi connectivity index (χ3n) is 3.76. The molecule has 126 valence electrons. The van der Waals surface area contributed by atoms with Crippen LogP contribution in [-0.2, 0) is 0 Å². The number of hydrogen-bond donors (Lipinski definition) is 2. The van der Waals surface area contributed by atoms with E-state index in [-0.39, 0.29) is 29.4 Å². The molecule has 2 atom stereocenters. The molecular weight excluding hydrogens is 395 g/mol. The number of thioether (sulfide) groups is 1. The van der Waals surface area contributed by atoms with E-state index in [4.69, 9.17) is 0 Å². The van der Waals surface area contributed by atoms with E-state index in [1.807, 2.05) is 18.8 Å². The third-order valence-corrected chi connectivity index (χ3v) is 4.86. The molecule has 1 aliphatic carbocycles. The summed E-state index contributed by atoms with van der Waals surface area (Å²) < 4.78 is 0. The molecule has 0 saturated heterocycles. The van der Waals surface area contributed by atoms with Crippen molar-refractivity contribution in [2.45, 2.75) is 44.4 Å². The highest BCUT2D eigenvalue weighted by atomic mass is 127. The van der Waals surface area contributed by atoms with Crippen molar-refractivity contribution >= 4 is 41.7 Å². The van der Waals surface area contributed by atoms with Crippen molar-refractivity contribution < 1.29 is 0 Å². The summed E-state index contributed by atoms with van der Waals surface area (Å²) in [5.74, 6) is 0.948. The molecule has 0 aliphatic heterocycles. The maximum absolute atomic E-state index is 4.36. The average Bonchev–Trinajstić information content (AvgIpc) is 2.80. The SMILES string of the molecule is CN=C(NCC(C)(C)CN(C)C)NC1CCC(SC)C1.I. The predicted molar refractivity (Wildman–Crippen MR) is 107 cm³/mol. The molecule has 2 N–H and O–H groups in total. The summed E-state index contributed by atoms with van der Waals surface area (Å²) in [7, 11) is 6.10. The van der Waals surface area contributed by atoms with E-state index in [1.54, 1.807) is 0 Å². The number of nitrogens with zero attached hydrogens (tertiary/aromatic N) is 2. The van der Waals surface area contributed by atoms with E-state index in [1.165, 1.54) is 19.3 Å². The van der Waals surface area contributed by atoms with Crippen LogP contribution in [-0.4, -0.2) is 62.6 Å². The molecule has 1 saturated carbocycles. The molecule has 0 radical (unpaired) electrons. The topological polar surface area (TPSA) is 39.7 Å². The van der Waals surface area contributed by atoms with Crippen molar-refractivity contribution in [3.05, 3.63) is 0 Å².